The highest BCUT2D eigenvalue weighted by atomic mass is 32.2. The van der Waals surface area contributed by atoms with E-state index in [2.05, 4.69) is 9.71 Å². The molecule has 28 heavy (non-hydrogen) atoms. The molecule has 0 aliphatic heterocycles. The molecular weight excluding hydrogens is 400 g/mol. The number of nitrogens with zero attached hydrogens (tertiary/aromatic N) is 1. The number of aromatic nitrogens is 1. The first kappa shape index (κ1) is 19.8. The second-order valence-electron chi connectivity index (χ2n) is 6.04. The van der Waals surface area contributed by atoms with E-state index in [9.17, 15) is 13.2 Å². The highest BCUT2D eigenvalue weighted by Crippen LogP contribution is 2.26. The lowest BCUT2D eigenvalue weighted by Crippen LogP contribution is -2.14. The minimum Gasteiger partial charge on any atom is -0.482 e. The lowest BCUT2D eigenvalue weighted by molar-refractivity contribution is -0.139. The van der Waals surface area contributed by atoms with Crippen molar-refractivity contribution in [1.29, 1.82) is 0 Å². The number of hydrogen-bond donors (Lipinski definition) is 2. The highest BCUT2D eigenvalue weighted by Gasteiger charge is 2.16. The zero-order valence-electron chi connectivity index (χ0n) is 15.2. The largest absolute Gasteiger partial charge is 0.482 e. The number of anilines is 1. The molecular formula is C19H18N2O5S2. The van der Waals surface area contributed by atoms with Crippen LogP contribution in [-0.4, -0.2) is 31.1 Å². The summed E-state index contributed by atoms with van der Waals surface area (Å²) in [6.45, 7) is 3.09. The normalized spacial score (nSPS) is 11.2. The minimum atomic E-state index is -3.79. The van der Waals surface area contributed by atoms with E-state index in [4.69, 9.17) is 9.84 Å². The number of carboxylic acid groups (broad SMARTS) is 1. The van der Waals surface area contributed by atoms with Crippen LogP contribution in [0.1, 0.15) is 10.6 Å². The van der Waals surface area contributed by atoms with Crippen molar-refractivity contribution >= 4 is 33.0 Å². The fourth-order valence-electron chi connectivity index (χ4n) is 2.51. The summed E-state index contributed by atoms with van der Waals surface area (Å²) < 4.78 is 32.9. The highest BCUT2D eigenvalue weighted by molar-refractivity contribution is 7.92. The van der Waals surface area contributed by atoms with E-state index in [1.54, 1.807) is 42.5 Å². The maximum atomic E-state index is 12.6. The molecule has 0 bridgehead atoms. The predicted octanol–water partition coefficient (Wildman–Crippen LogP) is 3.69. The second-order valence-corrected chi connectivity index (χ2v) is 8.79. The maximum Gasteiger partial charge on any atom is 0.341 e. The first-order valence-corrected chi connectivity index (χ1v) is 10.6. The third kappa shape index (κ3) is 4.68. The molecule has 0 spiro atoms. The molecule has 0 unspecified atom stereocenters. The van der Waals surface area contributed by atoms with Gasteiger partial charge in [-0.1, -0.05) is 12.1 Å². The van der Waals surface area contributed by atoms with Crippen molar-refractivity contribution in [1.82, 2.24) is 4.98 Å². The Morgan fingerprint density at radius 3 is 2.46 bits per heavy atom. The summed E-state index contributed by atoms with van der Waals surface area (Å²) in [4.78, 5) is 15.1. The van der Waals surface area contributed by atoms with Crippen LogP contribution in [0.15, 0.2) is 52.7 Å². The van der Waals surface area contributed by atoms with Crippen LogP contribution in [0.4, 0.5) is 5.69 Å². The summed E-state index contributed by atoms with van der Waals surface area (Å²) in [6, 6.07) is 11.2. The third-order valence-electron chi connectivity index (χ3n) is 3.86. The van der Waals surface area contributed by atoms with E-state index < -0.39 is 22.6 Å². The van der Waals surface area contributed by atoms with E-state index in [0.717, 1.165) is 16.3 Å². The van der Waals surface area contributed by atoms with E-state index in [1.807, 2.05) is 12.3 Å². The first-order chi connectivity index (χ1) is 13.2. The number of ether oxygens (including phenoxy) is 1. The van der Waals surface area contributed by atoms with Crippen molar-refractivity contribution < 1.29 is 23.1 Å². The molecule has 0 fully saturated rings. The van der Waals surface area contributed by atoms with E-state index in [-0.39, 0.29) is 4.90 Å². The van der Waals surface area contributed by atoms with Gasteiger partial charge in [0.2, 0.25) is 0 Å². The van der Waals surface area contributed by atoms with Crippen molar-refractivity contribution in [3.05, 3.63) is 58.4 Å². The van der Waals surface area contributed by atoms with Gasteiger partial charge in [0.1, 0.15) is 5.75 Å². The number of nitrogens with one attached hydrogen (secondary N) is 1. The summed E-state index contributed by atoms with van der Waals surface area (Å²) >= 11 is 1.55. The molecule has 2 N–H and O–H groups in total. The van der Waals surface area contributed by atoms with Gasteiger partial charge >= 0.3 is 5.97 Å². The zero-order valence-corrected chi connectivity index (χ0v) is 16.8. The van der Waals surface area contributed by atoms with E-state index in [1.165, 1.54) is 18.2 Å². The van der Waals surface area contributed by atoms with Gasteiger partial charge in [-0.2, -0.15) is 0 Å². The first-order valence-electron chi connectivity index (χ1n) is 8.25. The average Bonchev–Trinajstić information content (AvgIpc) is 3.07. The van der Waals surface area contributed by atoms with Crippen molar-refractivity contribution in [2.45, 2.75) is 18.7 Å². The van der Waals surface area contributed by atoms with Gasteiger partial charge in [0.15, 0.2) is 6.61 Å². The Hall–Kier alpha value is -2.91. The number of carboxylic acids is 1. The molecule has 3 aromatic rings. The molecule has 9 heteroatoms. The molecule has 0 saturated heterocycles. The molecule has 3 rings (SSSR count). The SMILES string of the molecule is Cc1nc(-c2ccc(NS(=O)(=O)c3ccc(OCC(=O)O)c(C)c3)cc2)cs1. The third-order valence-corrected chi connectivity index (χ3v) is 6.01. The summed E-state index contributed by atoms with van der Waals surface area (Å²) in [5.74, 6) is -0.779. The van der Waals surface area contributed by atoms with Gasteiger partial charge in [-0.25, -0.2) is 18.2 Å². The Labute approximate surface area is 166 Å². The molecule has 0 aliphatic carbocycles. The molecule has 146 valence electrons. The van der Waals surface area contributed by atoms with Gasteiger partial charge in [0.25, 0.3) is 10.0 Å². The molecule has 0 atom stereocenters. The van der Waals surface area contributed by atoms with Crippen molar-refractivity contribution in [3.63, 3.8) is 0 Å². The standard InChI is InChI=1S/C19H18N2O5S2/c1-12-9-16(7-8-18(12)26-10-19(22)23)28(24,25)21-15-5-3-14(4-6-15)17-11-27-13(2)20-17/h3-9,11,21H,10H2,1-2H3,(H,22,23). The molecule has 0 saturated carbocycles. The number of sulfonamides is 1. The number of hydrogen-bond acceptors (Lipinski definition) is 6. The van der Waals surface area contributed by atoms with Crippen LogP contribution >= 0.6 is 11.3 Å². The molecule has 7 nitrogen and oxygen atoms in total. The van der Waals surface area contributed by atoms with Crippen LogP contribution in [0, 0.1) is 13.8 Å². The molecule has 0 aliphatic rings. The predicted molar refractivity (Wildman–Crippen MR) is 107 cm³/mol. The van der Waals surface area contributed by atoms with Crippen LogP contribution in [0.3, 0.4) is 0 Å². The molecule has 0 radical (unpaired) electrons. The van der Waals surface area contributed by atoms with E-state index in [0.29, 0.717) is 17.0 Å². The quantitative estimate of drug-likeness (QED) is 0.606. The fourth-order valence-corrected chi connectivity index (χ4v) is 4.27. The molecule has 0 amide bonds. The van der Waals surface area contributed by atoms with Crippen LogP contribution in [0.2, 0.25) is 0 Å². The summed E-state index contributed by atoms with van der Waals surface area (Å²) in [5, 5.41) is 11.6. The fraction of sp³-hybridized carbons (Fsp3) is 0.158. The van der Waals surface area contributed by atoms with Crippen LogP contribution in [-0.2, 0) is 14.8 Å². The van der Waals surface area contributed by atoms with E-state index >= 15 is 0 Å². The van der Waals surface area contributed by atoms with Crippen molar-refractivity contribution in [2.75, 3.05) is 11.3 Å². The monoisotopic (exact) mass is 418 g/mol. The van der Waals surface area contributed by atoms with Gasteiger partial charge in [-0.3, -0.25) is 4.72 Å². The Kier molecular flexibility index (Phi) is 5.66. The lowest BCUT2D eigenvalue weighted by Gasteiger charge is -2.11. The maximum absolute atomic E-state index is 12.6. The van der Waals surface area contributed by atoms with Crippen LogP contribution in [0.25, 0.3) is 11.3 Å². The topological polar surface area (TPSA) is 106 Å². The van der Waals surface area contributed by atoms with Gasteiger partial charge in [0, 0.05) is 16.6 Å². The van der Waals surface area contributed by atoms with Crippen LogP contribution in [0.5, 0.6) is 5.75 Å². The summed E-state index contributed by atoms with van der Waals surface area (Å²) in [5.41, 5.74) is 2.71. The minimum absolute atomic E-state index is 0.0619. The van der Waals surface area contributed by atoms with Crippen LogP contribution < -0.4 is 9.46 Å². The number of aryl methyl sites for hydroxylation is 2. The van der Waals surface area contributed by atoms with Crippen molar-refractivity contribution in [2.24, 2.45) is 0 Å². The number of benzene rings is 2. The molecule has 2 aromatic carbocycles. The molecule has 1 heterocycles. The summed E-state index contributed by atoms with van der Waals surface area (Å²) in [6.07, 6.45) is 0. The van der Waals surface area contributed by atoms with Gasteiger partial charge in [-0.15, -0.1) is 11.3 Å². The number of carbonyl (C=O) groups is 1. The number of rotatable bonds is 7. The van der Waals surface area contributed by atoms with Crippen molar-refractivity contribution in [3.8, 4) is 17.0 Å². The Morgan fingerprint density at radius 1 is 1.18 bits per heavy atom. The molecule has 1 aromatic heterocycles. The van der Waals surface area contributed by atoms with Gasteiger partial charge in [-0.05, 0) is 49.7 Å². The smallest absolute Gasteiger partial charge is 0.341 e. The number of thiazole rings is 1. The Balaban J connectivity index is 1.76. The Bertz CT molecular complexity index is 1110. The number of aliphatic carboxylic acids is 1. The zero-order chi connectivity index (χ0) is 20.3. The average molecular weight is 418 g/mol. The lowest BCUT2D eigenvalue weighted by atomic mass is 10.1. The van der Waals surface area contributed by atoms with Gasteiger partial charge < -0.3 is 9.84 Å². The second kappa shape index (κ2) is 7.99. The summed E-state index contributed by atoms with van der Waals surface area (Å²) in [7, 11) is -3.79. The Morgan fingerprint density at radius 2 is 1.89 bits per heavy atom. The van der Waals surface area contributed by atoms with Gasteiger partial charge in [0.05, 0.1) is 15.6 Å².